The molecule has 0 radical (unpaired) electrons. The Morgan fingerprint density at radius 3 is 2.55 bits per heavy atom. The number of hydrogen-bond donors (Lipinski definition) is 2. The molecule has 1 aromatic heterocycles. The molecule has 2 N–H and O–H groups in total. The average Bonchev–Trinajstić information content (AvgIpc) is 3.21. The molecule has 1 atom stereocenters. The Hall–Kier alpha value is -1.61. The van der Waals surface area contributed by atoms with E-state index in [1.807, 2.05) is 30.3 Å². The summed E-state index contributed by atoms with van der Waals surface area (Å²) in [5.74, 6) is 2.20. The average molecular weight is 511 g/mol. The third kappa shape index (κ3) is 6.99. The zero-order valence-electron chi connectivity index (χ0n) is 17.7. The maximum absolute atomic E-state index is 5.61. The van der Waals surface area contributed by atoms with Gasteiger partial charge in [0.2, 0.25) is 5.89 Å². The van der Waals surface area contributed by atoms with Gasteiger partial charge >= 0.3 is 0 Å². The lowest BCUT2D eigenvalue weighted by molar-refractivity contribution is 0.171. The summed E-state index contributed by atoms with van der Waals surface area (Å²) in [6.07, 6.45) is 8.47. The Kier molecular flexibility index (Phi) is 9.93. The standard InChI is InChI=1S/C22H33N5O.HI/c1-23-22(25-15-20(27(2)3)17-10-6-4-7-11-17)24-14-19-16-28-21(26-19)18-12-8-5-9-13-18;/h5,8-9,12-13,16-17,20H,4,6-7,10-11,14-15H2,1-3H3,(H2,23,24,25);1H. The van der Waals surface area contributed by atoms with Crippen molar-refractivity contribution in [2.45, 2.75) is 44.7 Å². The van der Waals surface area contributed by atoms with E-state index >= 15 is 0 Å². The van der Waals surface area contributed by atoms with Gasteiger partial charge in [0.05, 0.1) is 12.2 Å². The minimum atomic E-state index is 0. The molecule has 0 aliphatic heterocycles. The van der Waals surface area contributed by atoms with Crippen LogP contribution in [0.4, 0.5) is 0 Å². The number of likely N-dealkylation sites (N-methyl/N-ethyl adjacent to an activating group) is 1. The molecule has 3 rings (SSSR count). The second kappa shape index (κ2) is 12.2. The second-order valence-electron chi connectivity index (χ2n) is 7.75. The van der Waals surface area contributed by atoms with E-state index in [0.29, 0.717) is 18.5 Å². The maximum atomic E-state index is 5.61. The third-order valence-electron chi connectivity index (χ3n) is 5.57. The number of oxazole rings is 1. The first-order valence-corrected chi connectivity index (χ1v) is 10.3. The first-order valence-electron chi connectivity index (χ1n) is 10.3. The Morgan fingerprint density at radius 1 is 1.17 bits per heavy atom. The molecule has 1 heterocycles. The molecule has 1 saturated carbocycles. The minimum Gasteiger partial charge on any atom is -0.444 e. The molecule has 0 bridgehead atoms. The van der Waals surface area contributed by atoms with Gasteiger partial charge < -0.3 is 20.0 Å². The van der Waals surface area contributed by atoms with Crippen molar-refractivity contribution in [1.29, 1.82) is 0 Å². The van der Waals surface area contributed by atoms with Crippen LogP contribution < -0.4 is 10.6 Å². The van der Waals surface area contributed by atoms with Gasteiger partial charge in [0.1, 0.15) is 6.26 Å². The molecule has 0 saturated heterocycles. The first-order chi connectivity index (χ1) is 13.7. The Balaban J connectivity index is 0.00000300. The van der Waals surface area contributed by atoms with Crippen LogP contribution in [0.1, 0.15) is 37.8 Å². The maximum Gasteiger partial charge on any atom is 0.226 e. The molecule has 6 nitrogen and oxygen atoms in total. The highest BCUT2D eigenvalue weighted by atomic mass is 127. The summed E-state index contributed by atoms with van der Waals surface area (Å²) in [7, 11) is 6.16. The van der Waals surface area contributed by atoms with Crippen LogP contribution in [-0.4, -0.2) is 49.6 Å². The molecule has 29 heavy (non-hydrogen) atoms. The van der Waals surface area contributed by atoms with Gasteiger partial charge in [-0.25, -0.2) is 4.98 Å². The van der Waals surface area contributed by atoms with Crippen LogP contribution in [0.15, 0.2) is 46.0 Å². The van der Waals surface area contributed by atoms with E-state index in [4.69, 9.17) is 4.42 Å². The topological polar surface area (TPSA) is 65.7 Å². The third-order valence-corrected chi connectivity index (χ3v) is 5.57. The van der Waals surface area contributed by atoms with Crippen LogP contribution in [0.5, 0.6) is 0 Å². The highest BCUT2D eigenvalue weighted by Gasteiger charge is 2.25. The van der Waals surface area contributed by atoms with Crippen LogP contribution in [0, 0.1) is 5.92 Å². The summed E-state index contributed by atoms with van der Waals surface area (Å²) in [5, 5.41) is 6.84. The molecule has 1 fully saturated rings. The predicted molar refractivity (Wildman–Crippen MR) is 130 cm³/mol. The van der Waals surface area contributed by atoms with Crippen LogP contribution in [0.3, 0.4) is 0 Å². The SMILES string of the molecule is CN=C(NCc1coc(-c2ccccc2)n1)NCC(C1CCCCC1)N(C)C.I. The zero-order chi connectivity index (χ0) is 19.8. The number of benzene rings is 1. The molecule has 1 aliphatic rings. The number of aliphatic imine (C=N–C) groups is 1. The fourth-order valence-electron chi connectivity index (χ4n) is 3.99. The number of rotatable bonds is 7. The number of aromatic nitrogens is 1. The van der Waals surface area contributed by atoms with E-state index < -0.39 is 0 Å². The van der Waals surface area contributed by atoms with Crippen molar-refractivity contribution in [2.24, 2.45) is 10.9 Å². The van der Waals surface area contributed by atoms with Crippen molar-refractivity contribution < 1.29 is 4.42 Å². The zero-order valence-corrected chi connectivity index (χ0v) is 20.1. The van der Waals surface area contributed by atoms with Crippen molar-refractivity contribution in [1.82, 2.24) is 20.5 Å². The minimum absolute atomic E-state index is 0. The second-order valence-corrected chi connectivity index (χ2v) is 7.75. The van der Waals surface area contributed by atoms with Gasteiger partial charge in [0.25, 0.3) is 0 Å². The van der Waals surface area contributed by atoms with E-state index in [-0.39, 0.29) is 24.0 Å². The van der Waals surface area contributed by atoms with E-state index in [9.17, 15) is 0 Å². The van der Waals surface area contributed by atoms with E-state index in [2.05, 4.69) is 39.6 Å². The van der Waals surface area contributed by atoms with Gasteiger partial charge in [0, 0.05) is 25.2 Å². The fraction of sp³-hybridized carbons (Fsp3) is 0.545. The predicted octanol–water partition coefficient (Wildman–Crippen LogP) is 4.14. The van der Waals surface area contributed by atoms with Gasteiger partial charge in [-0.05, 0) is 45.0 Å². The van der Waals surface area contributed by atoms with Gasteiger partial charge in [-0.3, -0.25) is 4.99 Å². The van der Waals surface area contributed by atoms with Gasteiger partial charge in [-0.2, -0.15) is 0 Å². The van der Waals surface area contributed by atoms with Crippen LogP contribution in [-0.2, 0) is 6.54 Å². The summed E-state index contributed by atoms with van der Waals surface area (Å²) >= 11 is 0. The fourth-order valence-corrected chi connectivity index (χ4v) is 3.99. The Bertz CT molecular complexity index is 741. The van der Waals surface area contributed by atoms with E-state index in [0.717, 1.165) is 29.7 Å². The summed E-state index contributed by atoms with van der Waals surface area (Å²) in [6, 6.07) is 10.5. The molecular formula is C22H34IN5O. The van der Waals surface area contributed by atoms with Crippen molar-refractivity contribution in [2.75, 3.05) is 27.7 Å². The van der Waals surface area contributed by atoms with Crippen molar-refractivity contribution in [3.05, 3.63) is 42.3 Å². The van der Waals surface area contributed by atoms with Crippen LogP contribution in [0.25, 0.3) is 11.5 Å². The summed E-state index contributed by atoms with van der Waals surface area (Å²) in [4.78, 5) is 11.3. The lowest BCUT2D eigenvalue weighted by Gasteiger charge is -2.35. The summed E-state index contributed by atoms with van der Waals surface area (Å²) in [6.45, 7) is 1.47. The normalized spacial score (nSPS) is 16.3. The van der Waals surface area contributed by atoms with E-state index in [1.165, 1.54) is 32.1 Å². The molecule has 1 aliphatic carbocycles. The van der Waals surface area contributed by atoms with Crippen molar-refractivity contribution in [3.63, 3.8) is 0 Å². The molecule has 1 aromatic carbocycles. The largest absolute Gasteiger partial charge is 0.444 e. The van der Waals surface area contributed by atoms with Gasteiger partial charge in [0.15, 0.2) is 5.96 Å². The molecule has 2 aromatic rings. The van der Waals surface area contributed by atoms with Gasteiger partial charge in [-0.15, -0.1) is 24.0 Å². The van der Waals surface area contributed by atoms with E-state index in [1.54, 1.807) is 13.3 Å². The molecule has 160 valence electrons. The number of guanidine groups is 1. The smallest absolute Gasteiger partial charge is 0.226 e. The lowest BCUT2D eigenvalue weighted by Crippen LogP contribution is -2.48. The summed E-state index contributed by atoms with van der Waals surface area (Å²) < 4.78 is 5.61. The Morgan fingerprint density at radius 2 is 1.90 bits per heavy atom. The quantitative estimate of drug-likeness (QED) is 0.333. The molecule has 7 heteroatoms. The number of hydrogen-bond acceptors (Lipinski definition) is 4. The monoisotopic (exact) mass is 511 g/mol. The molecular weight excluding hydrogens is 477 g/mol. The molecule has 1 unspecified atom stereocenters. The first kappa shape index (κ1) is 23.7. The van der Waals surface area contributed by atoms with Crippen molar-refractivity contribution >= 4 is 29.9 Å². The number of nitrogens with one attached hydrogen (secondary N) is 2. The lowest BCUT2D eigenvalue weighted by atomic mass is 9.83. The number of halogens is 1. The number of nitrogens with zero attached hydrogens (tertiary/aromatic N) is 3. The summed E-state index contributed by atoms with van der Waals surface area (Å²) in [5.41, 5.74) is 1.84. The van der Waals surface area contributed by atoms with Crippen LogP contribution >= 0.6 is 24.0 Å². The molecule has 0 spiro atoms. The highest BCUT2D eigenvalue weighted by Crippen LogP contribution is 2.28. The Labute approximate surface area is 191 Å². The van der Waals surface area contributed by atoms with Gasteiger partial charge in [-0.1, -0.05) is 37.5 Å². The molecule has 0 amide bonds. The van der Waals surface area contributed by atoms with Crippen LogP contribution in [0.2, 0.25) is 0 Å². The highest BCUT2D eigenvalue weighted by molar-refractivity contribution is 14.0. The van der Waals surface area contributed by atoms with Crippen molar-refractivity contribution in [3.8, 4) is 11.5 Å².